The van der Waals surface area contributed by atoms with Gasteiger partial charge in [-0.2, -0.15) is 0 Å². The number of nitrogens with one attached hydrogen (secondary N) is 1. The Balaban J connectivity index is 2.02. The molecule has 0 heterocycles. The molecule has 0 saturated carbocycles. The second-order valence-corrected chi connectivity index (χ2v) is 4.58. The molecule has 0 aliphatic carbocycles. The fraction of sp³-hybridized carbons (Fsp3) is 0.250. The van der Waals surface area contributed by atoms with Crippen molar-refractivity contribution in [2.45, 2.75) is 19.9 Å². The van der Waals surface area contributed by atoms with Crippen molar-refractivity contribution in [2.75, 3.05) is 17.7 Å². The molecule has 3 N–H and O–H groups in total. The van der Waals surface area contributed by atoms with Crippen LogP contribution in [0.3, 0.4) is 0 Å². The summed E-state index contributed by atoms with van der Waals surface area (Å²) in [5.74, 6) is 0.449. The van der Waals surface area contributed by atoms with Gasteiger partial charge < -0.3 is 15.8 Å². The van der Waals surface area contributed by atoms with Gasteiger partial charge in [0, 0.05) is 18.3 Å². The van der Waals surface area contributed by atoms with E-state index in [1.165, 1.54) is 12.1 Å². The quantitative estimate of drug-likeness (QED) is 0.787. The summed E-state index contributed by atoms with van der Waals surface area (Å²) >= 11 is 0. The number of ether oxygens (including phenoxy) is 1. The fourth-order valence-electron chi connectivity index (χ4n) is 1.83. The standard InChI is InChI=1S/C16H19FN2O/c1-2-8-20-16-10-14(6-7-15(16)18)19-11-12-4-3-5-13(17)9-12/h3-7,9-10,19H,2,8,11,18H2,1H3. The highest BCUT2D eigenvalue weighted by Crippen LogP contribution is 2.26. The maximum Gasteiger partial charge on any atom is 0.144 e. The first kappa shape index (κ1) is 14.2. The molecule has 0 atom stereocenters. The second kappa shape index (κ2) is 6.80. The zero-order chi connectivity index (χ0) is 14.4. The SMILES string of the molecule is CCCOc1cc(NCc2cccc(F)c2)ccc1N. The molecule has 106 valence electrons. The van der Waals surface area contributed by atoms with Crippen molar-refractivity contribution in [3.05, 3.63) is 53.8 Å². The molecule has 2 aromatic carbocycles. The lowest BCUT2D eigenvalue weighted by Gasteiger charge is -2.11. The van der Waals surface area contributed by atoms with E-state index in [0.29, 0.717) is 24.6 Å². The van der Waals surface area contributed by atoms with Gasteiger partial charge in [-0.1, -0.05) is 19.1 Å². The van der Waals surface area contributed by atoms with Crippen LogP contribution in [-0.2, 0) is 6.54 Å². The van der Waals surface area contributed by atoms with E-state index >= 15 is 0 Å². The molecule has 0 aliphatic rings. The van der Waals surface area contributed by atoms with E-state index in [4.69, 9.17) is 10.5 Å². The maximum atomic E-state index is 13.1. The van der Waals surface area contributed by atoms with Gasteiger partial charge in [0.25, 0.3) is 0 Å². The van der Waals surface area contributed by atoms with E-state index in [-0.39, 0.29) is 5.82 Å². The minimum Gasteiger partial charge on any atom is -0.491 e. The molecule has 0 fully saturated rings. The molecule has 0 aromatic heterocycles. The van der Waals surface area contributed by atoms with Crippen LogP contribution < -0.4 is 15.8 Å². The van der Waals surface area contributed by atoms with E-state index in [2.05, 4.69) is 5.32 Å². The Kier molecular flexibility index (Phi) is 4.82. The van der Waals surface area contributed by atoms with Crippen molar-refractivity contribution in [1.82, 2.24) is 0 Å². The minimum absolute atomic E-state index is 0.228. The largest absolute Gasteiger partial charge is 0.491 e. The van der Waals surface area contributed by atoms with Crippen molar-refractivity contribution in [1.29, 1.82) is 0 Å². The van der Waals surface area contributed by atoms with Gasteiger partial charge in [0.1, 0.15) is 11.6 Å². The van der Waals surface area contributed by atoms with Gasteiger partial charge in [0.05, 0.1) is 12.3 Å². The Morgan fingerprint density at radius 1 is 1.20 bits per heavy atom. The van der Waals surface area contributed by atoms with Crippen molar-refractivity contribution < 1.29 is 9.13 Å². The van der Waals surface area contributed by atoms with E-state index in [9.17, 15) is 4.39 Å². The van der Waals surface area contributed by atoms with Crippen LogP contribution in [0, 0.1) is 5.82 Å². The molecule has 20 heavy (non-hydrogen) atoms. The van der Waals surface area contributed by atoms with Gasteiger partial charge in [-0.25, -0.2) is 4.39 Å². The normalized spacial score (nSPS) is 10.3. The van der Waals surface area contributed by atoms with Crippen LogP contribution in [0.1, 0.15) is 18.9 Å². The lowest BCUT2D eigenvalue weighted by Crippen LogP contribution is -2.03. The van der Waals surface area contributed by atoms with Gasteiger partial charge in [0.15, 0.2) is 0 Å². The van der Waals surface area contributed by atoms with Crippen LogP contribution in [-0.4, -0.2) is 6.61 Å². The number of nitrogen functional groups attached to an aromatic ring is 1. The van der Waals surface area contributed by atoms with Crippen molar-refractivity contribution in [3.8, 4) is 5.75 Å². The Labute approximate surface area is 118 Å². The number of rotatable bonds is 6. The fourth-order valence-corrected chi connectivity index (χ4v) is 1.83. The van der Waals surface area contributed by atoms with Gasteiger partial charge in [0.2, 0.25) is 0 Å². The van der Waals surface area contributed by atoms with Crippen LogP contribution in [0.5, 0.6) is 5.75 Å². The average molecular weight is 274 g/mol. The molecule has 0 amide bonds. The van der Waals surface area contributed by atoms with Gasteiger partial charge in [-0.15, -0.1) is 0 Å². The Hall–Kier alpha value is -2.23. The number of anilines is 2. The molecule has 0 aliphatic heterocycles. The molecule has 2 rings (SSSR count). The van der Waals surface area contributed by atoms with Crippen LogP contribution in [0.2, 0.25) is 0 Å². The first-order valence-electron chi connectivity index (χ1n) is 6.69. The second-order valence-electron chi connectivity index (χ2n) is 4.58. The summed E-state index contributed by atoms with van der Waals surface area (Å²) in [7, 11) is 0. The Morgan fingerprint density at radius 3 is 2.80 bits per heavy atom. The predicted octanol–water partition coefficient (Wildman–Crippen LogP) is 3.81. The highest BCUT2D eigenvalue weighted by Gasteiger charge is 2.02. The number of benzene rings is 2. The number of nitrogens with two attached hydrogens (primary N) is 1. The van der Waals surface area contributed by atoms with Crippen LogP contribution in [0.4, 0.5) is 15.8 Å². The number of hydrogen-bond donors (Lipinski definition) is 2. The lowest BCUT2D eigenvalue weighted by atomic mass is 10.2. The van der Waals surface area contributed by atoms with Crippen molar-refractivity contribution in [2.24, 2.45) is 0 Å². The summed E-state index contributed by atoms with van der Waals surface area (Å²) in [5, 5.41) is 3.23. The molecule has 0 unspecified atom stereocenters. The first-order chi connectivity index (χ1) is 9.69. The third-order valence-corrected chi connectivity index (χ3v) is 2.86. The van der Waals surface area contributed by atoms with Crippen LogP contribution in [0.25, 0.3) is 0 Å². The molecule has 4 heteroatoms. The molecular formula is C16H19FN2O. The summed E-state index contributed by atoms with van der Waals surface area (Å²) in [6.45, 7) is 3.23. The summed E-state index contributed by atoms with van der Waals surface area (Å²) in [4.78, 5) is 0. The van der Waals surface area contributed by atoms with Crippen molar-refractivity contribution >= 4 is 11.4 Å². The molecule has 0 spiro atoms. The summed E-state index contributed by atoms with van der Waals surface area (Å²) in [5.41, 5.74) is 8.26. The third kappa shape index (κ3) is 3.88. The monoisotopic (exact) mass is 274 g/mol. The van der Waals surface area contributed by atoms with E-state index in [1.807, 2.05) is 25.1 Å². The zero-order valence-corrected chi connectivity index (χ0v) is 11.5. The van der Waals surface area contributed by atoms with Gasteiger partial charge >= 0.3 is 0 Å². The first-order valence-corrected chi connectivity index (χ1v) is 6.69. The maximum absolute atomic E-state index is 13.1. The Morgan fingerprint density at radius 2 is 2.05 bits per heavy atom. The van der Waals surface area contributed by atoms with E-state index in [0.717, 1.165) is 17.7 Å². The average Bonchev–Trinajstić information content (AvgIpc) is 2.45. The molecule has 0 saturated heterocycles. The predicted molar refractivity (Wildman–Crippen MR) is 80.4 cm³/mol. The van der Waals surface area contributed by atoms with Crippen LogP contribution in [0.15, 0.2) is 42.5 Å². The minimum atomic E-state index is -0.228. The number of hydrogen-bond acceptors (Lipinski definition) is 3. The molecule has 2 aromatic rings. The summed E-state index contributed by atoms with van der Waals surface area (Å²) < 4.78 is 18.7. The van der Waals surface area contributed by atoms with E-state index in [1.54, 1.807) is 12.1 Å². The smallest absolute Gasteiger partial charge is 0.144 e. The zero-order valence-electron chi connectivity index (χ0n) is 11.5. The molecule has 0 radical (unpaired) electrons. The lowest BCUT2D eigenvalue weighted by molar-refractivity contribution is 0.319. The topological polar surface area (TPSA) is 47.3 Å². The Bertz CT molecular complexity index is 572. The number of halogens is 1. The van der Waals surface area contributed by atoms with Gasteiger partial charge in [-0.3, -0.25) is 0 Å². The van der Waals surface area contributed by atoms with Gasteiger partial charge in [-0.05, 0) is 36.2 Å². The highest BCUT2D eigenvalue weighted by atomic mass is 19.1. The molecular weight excluding hydrogens is 255 g/mol. The molecule has 3 nitrogen and oxygen atoms in total. The van der Waals surface area contributed by atoms with Crippen LogP contribution >= 0.6 is 0 Å². The van der Waals surface area contributed by atoms with E-state index < -0.39 is 0 Å². The third-order valence-electron chi connectivity index (χ3n) is 2.86. The summed E-state index contributed by atoms with van der Waals surface area (Å²) in [6.07, 6.45) is 0.931. The molecule has 0 bridgehead atoms. The summed E-state index contributed by atoms with van der Waals surface area (Å²) in [6, 6.07) is 12.1. The highest BCUT2D eigenvalue weighted by molar-refractivity contribution is 5.61. The van der Waals surface area contributed by atoms with Crippen molar-refractivity contribution in [3.63, 3.8) is 0 Å².